The minimum atomic E-state index is -0.176. The molecule has 0 spiro atoms. The van der Waals surface area contributed by atoms with Crippen molar-refractivity contribution in [2.45, 2.75) is 38.0 Å². The van der Waals surface area contributed by atoms with Gasteiger partial charge >= 0.3 is 0 Å². The standard InChI is InChI=1S/C23H23BrClN3O3/c1-30-18-12-15(19(24)20(25)21(18)31-2)13-26-28-22(14-8-4-3-5-9-14)27-17-11-7-6-10-16(17)23(28)29/h6-7,10-14H,3-5,8-9H2,1-2H3. The Hall–Kier alpha value is -2.38. The molecule has 0 atom stereocenters. The van der Waals surface area contributed by atoms with E-state index in [0.29, 0.717) is 43.3 Å². The van der Waals surface area contributed by atoms with Gasteiger partial charge in [0.1, 0.15) is 10.8 Å². The van der Waals surface area contributed by atoms with Gasteiger partial charge in [-0.1, -0.05) is 43.0 Å². The van der Waals surface area contributed by atoms with E-state index in [4.69, 9.17) is 26.1 Å². The molecule has 0 N–H and O–H groups in total. The first kappa shape index (κ1) is 21.8. The Kier molecular flexibility index (Phi) is 6.62. The lowest BCUT2D eigenvalue weighted by Gasteiger charge is -2.22. The maximum absolute atomic E-state index is 13.3. The smallest absolute Gasteiger partial charge is 0.282 e. The van der Waals surface area contributed by atoms with Crippen LogP contribution in [0.3, 0.4) is 0 Å². The van der Waals surface area contributed by atoms with Gasteiger partial charge in [0.25, 0.3) is 5.56 Å². The van der Waals surface area contributed by atoms with Crippen molar-refractivity contribution in [3.8, 4) is 11.5 Å². The van der Waals surface area contributed by atoms with Crippen molar-refractivity contribution in [3.63, 3.8) is 0 Å². The summed E-state index contributed by atoms with van der Waals surface area (Å²) in [6.07, 6.45) is 7.09. The third kappa shape index (κ3) is 4.21. The summed E-state index contributed by atoms with van der Waals surface area (Å²) in [7, 11) is 3.07. The largest absolute Gasteiger partial charge is 0.493 e. The Morgan fingerprint density at radius 2 is 1.94 bits per heavy atom. The molecule has 2 aromatic carbocycles. The summed E-state index contributed by atoms with van der Waals surface area (Å²) in [5.41, 5.74) is 1.19. The number of hydrogen-bond acceptors (Lipinski definition) is 5. The summed E-state index contributed by atoms with van der Waals surface area (Å²) in [6, 6.07) is 9.16. The number of methoxy groups -OCH3 is 2. The van der Waals surface area contributed by atoms with E-state index in [0.717, 1.165) is 25.7 Å². The van der Waals surface area contributed by atoms with Crippen LogP contribution >= 0.6 is 27.5 Å². The zero-order valence-electron chi connectivity index (χ0n) is 17.4. The molecule has 162 valence electrons. The molecular formula is C23H23BrClN3O3. The van der Waals surface area contributed by atoms with Crippen molar-refractivity contribution >= 4 is 44.6 Å². The molecule has 0 unspecified atom stereocenters. The van der Waals surface area contributed by atoms with E-state index in [-0.39, 0.29) is 11.5 Å². The Morgan fingerprint density at radius 1 is 1.19 bits per heavy atom. The molecule has 31 heavy (non-hydrogen) atoms. The number of hydrogen-bond donors (Lipinski definition) is 0. The van der Waals surface area contributed by atoms with Crippen molar-refractivity contribution in [2.24, 2.45) is 5.10 Å². The lowest BCUT2D eigenvalue weighted by Crippen LogP contribution is -2.25. The monoisotopic (exact) mass is 503 g/mol. The first-order chi connectivity index (χ1) is 15.0. The highest BCUT2D eigenvalue weighted by atomic mass is 79.9. The highest BCUT2D eigenvalue weighted by Gasteiger charge is 2.22. The van der Waals surface area contributed by atoms with E-state index in [1.165, 1.54) is 18.2 Å². The van der Waals surface area contributed by atoms with Gasteiger partial charge in [-0.15, -0.1) is 0 Å². The van der Waals surface area contributed by atoms with E-state index in [2.05, 4.69) is 21.0 Å². The molecule has 6 nitrogen and oxygen atoms in total. The molecule has 0 bridgehead atoms. The molecule has 0 radical (unpaired) electrons. The van der Waals surface area contributed by atoms with E-state index in [9.17, 15) is 4.79 Å². The number of rotatable bonds is 5. The van der Waals surface area contributed by atoms with Gasteiger partial charge in [-0.2, -0.15) is 9.78 Å². The highest BCUT2D eigenvalue weighted by Crippen LogP contribution is 2.41. The second-order valence-corrected chi connectivity index (χ2v) is 8.68. The minimum Gasteiger partial charge on any atom is -0.493 e. The number of benzene rings is 2. The topological polar surface area (TPSA) is 65.7 Å². The third-order valence-electron chi connectivity index (χ3n) is 5.64. The van der Waals surface area contributed by atoms with Crippen molar-refractivity contribution in [1.82, 2.24) is 9.66 Å². The molecule has 1 fully saturated rings. The van der Waals surface area contributed by atoms with Crippen LogP contribution in [0.2, 0.25) is 5.02 Å². The summed E-state index contributed by atoms with van der Waals surface area (Å²) in [5.74, 6) is 1.83. The molecule has 1 aliphatic carbocycles. The van der Waals surface area contributed by atoms with Crippen LogP contribution < -0.4 is 15.0 Å². The molecule has 1 heterocycles. The van der Waals surface area contributed by atoms with Gasteiger partial charge in [0.05, 0.1) is 31.3 Å². The molecular weight excluding hydrogens is 482 g/mol. The van der Waals surface area contributed by atoms with Crippen LogP contribution in [0.25, 0.3) is 10.9 Å². The molecule has 0 saturated heterocycles. The number of para-hydroxylation sites is 1. The minimum absolute atomic E-state index is 0.176. The summed E-state index contributed by atoms with van der Waals surface area (Å²) < 4.78 is 12.8. The van der Waals surface area contributed by atoms with Gasteiger partial charge in [0.15, 0.2) is 11.5 Å². The van der Waals surface area contributed by atoms with Crippen LogP contribution in [0.5, 0.6) is 11.5 Å². The van der Waals surface area contributed by atoms with E-state index >= 15 is 0 Å². The third-order valence-corrected chi connectivity index (χ3v) is 7.08. The van der Waals surface area contributed by atoms with Crippen LogP contribution in [0.4, 0.5) is 0 Å². The summed E-state index contributed by atoms with van der Waals surface area (Å²) in [5, 5.41) is 5.49. The van der Waals surface area contributed by atoms with E-state index in [1.807, 2.05) is 18.2 Å². The molecule has 1 saturated carbocycles. The van der Waals surface area contributed by atoms with Crippen molar-refractivity contribution < 1.29 is 9.47 Å². The van der Waals surface area contributed by atoms with Gasteiger partial charge in [-0.05, 0) is 47.0 Å². The van der Waals surface area contributed by atoms with Crippen LogP contribution in [0, 0.1) is 0 Å². The summed E-state index contributed by atoms with van der Waals surface area (Å²) in [4.78, 5) is 18.2. The van der Waals surface area contributed by atoms with Crippen molar-refractivity contribution in [2.75, 3.05) is 14.2 Å². The number of fused-ring (bicyclic) bond motifs is 1. The fraction of sp³-hybridized carbons (Fsp3) is 0.348. The molecule has 0 amide bonds. The van der Waals surface area contributed by atoms with Crippen LogP contribution in [-0.4, -0.2) is 30.1 Å². The molecule has 1 aromatic heterocycles. The number of ether oxygens (including phenoxy) is 2. The number of halogens is 2. The van der Waals surface area contributed by atoms with E-state index in [1.54, 1.807) is 25.5 Å². The maximum Gasteiger partial charge on any atom is 0.282 e. The average Bonchev–Trinajstić information content (AvgIpc) is 2.81. The quantitative estimate of drug-likeness (QED) is 0.414. The number of nitrogens with zero attached hydrogens (tertiary/aromatic N) is 3. The second-order valence-electron chi connectivity index (χ2n) is 7.51. The normalized spacial score (nSPS) is 15.0. The fourth-order valence-electron chi connectivity index (χ4n) is 4.04. The summed E-state index contributed by atoms with van der Waals surface area (Å²) in [6.45, 7) is 0. The van der Waals surface area contributed by atoms with E-state index < -0.39 is 0 Å². The molecule has 4 rings (SSSR count). The molecule has 8 heteroatoms. The zero-order chi connectivity index (χ0) is 22.0. The average molecular weight is 505 g/mol. The fourth-order valence-corrected chi connectivity index (χ4v) is 4.71. The lowest BCUT2D eigenvalue weighted by molar-refractivity contribution is 0.355. The van der Waals surface area contributed by atoms with Crippen molar-refractivity contribution in [1.29, 1.82) is 0 Å². The summed E-state index contributed by atoms with van der Waals surface area (Å²) >= 11 is 9.93. The second kappa shape index (κ2) is 9.40. The Balaban J connectivity index is 1.86. The molecule has 3 aromatic rings. The highest BCUT2D eigenvalue weighted by molar-refractivity contribution is 9.10. The van der Waals surface area contributed by atoms with Gasteiger partial charge in [0, 0.05) is 16.0 Å². The maximum atomic E-state index is 13.3. The van der Waals surface area contributed by atoms with Crippen LogP contribution in [0.15, 0.2) is 44.7 Å². The predicted octanol–water partition coefficient (Wildman–Crippen LogP) is 5.76. The lowest BCUT2D eigenvalue weighted by atomic mass is 9.88. The molecule has 0 aliphatic heterocycles. The zero-order valence-corrected chi connectivity index (χ0v) is 19.7. The van der Waals surface area contributed by atoms with Gasteiger partial charge in [0.2, 0.25) is 0 Å². The van der Waals surface area contributed by atoms with Crippen LogP contribution in [0.1, 0.15) is 49.4 Å². The molecule has 1 aliphatic rings. The number of aromatic nitrogens is 2. The van der Waals surface area contributed by atoms with Gasteiger partial charge < -0.3 is 9.47 Å². The Bertz CT molecular complexity index is 1200. The van der Waals surface area contributed by atoms with Gasteiger partial charge in [-0.3, -0.25) is 4.79 Å². The SMILES string of the molecule is COc1cc(C=Nn2c(C3CCCCC3)nc3ccccc3c2=O)c(Br)c(Cl)c1OC. The predicted molar refractivity (Wildman–Crippen MR) is 127 cm³/mol. The first-order valence-corrected chi connectivity index (χ1v) is 11.4. The first-order valence-electron chi connectivity index (χ1n) is 10.2. The van der Waals surface area contributed by atoms with Crippen LogP contribution in [-0.2, 0) is 0 Å². The van der Waals surface area contributed by atoms with Gasteiger partial charge in [-0.25, -0.2) is 4.98 Å². The Labute approximate surface area is 194 Å². The Morgan fingerprint density at radius 3 is 2.65 bits per heavy atom. The van der Waals surface area contributed by atoms with Crippen molar-refractivity contribution in [3.05, 3.63) is 61.6 Å².